The van der Waals surface area contributed by atoms with Crippen LogP contribution in [0.15, 0.2) is 59.8 Å². The summed E-state index contributed by atoms with van der Waals surface area (Å²) < 4.78 is 20.4. The highest BCUT2D eigenvalue weighted by molar-refractivity contribution is 5.89. The average Bonchev–Trinajstić information content (AvgIpc) is 2.78. The first-order chi connectivity index (χ1) is 15.8. The van der Waals surface area contributed by atoms with Crippen LogP contribution in [0.25, 0.3) is 16.5 Å². The van der Waals surface area contributed by atoms with E-state index < -0.39 is 11.7 Å². The van der Waals surface area contributed by atoms with E-state index in [0.29, 0.717) is 16.8 Å². The number of anilines is 1. The molecule has 0 saturated heterocycles. The van der Waals surface area contributed by atoms with E-state index in [0.717, 1.165) is 28.8 Å². The van der Waals surface area contributed by atoms with E-state index in [1.54, 1.807) is 18.3 Å². The number of para-hydroxylation sites is 1. The van der Waals surface area contributed by atoms with Crippen LogP contribution < -0.4 is 15.1 Å². The smallest absolute Gasteiger partial charge is 0.277 e. The number of halogens is 1. The highest BCUT2D eigenvalue weighted by Crippen LogP contribution is 2.39. The van der Waals surface area contributed by atoms with Crippen molar-refractivity contribution in [3.8, 4) is 5.75 Å². The molecule has 3 aromatic rings. The molecule has 1 aliphatic heterocycles. The molecular weight excluding hydrogens is 419 g/mol. The van der Waals surface area contributed by atoms with E-state index in [9.17, 15) is 9.18 Å². The molecule has 0 unspecified atom stereocenters. The molecule has 33 heavy (non-hydrogen) atoms. The number of aromatic nitrogens is 1. The first kappa shape index (κ1) is 22.5. The van der Waals surface area contributed by atoms with Crippen LogP contribution in [0, 0.1) is 5.82 Å². The Bertz CT molecular complexity index is 1260. The minimum absolute atomic E-state index is 0.193. The molecule has 7 heteroatoms. The monoisotopic (exact) mass is 446 g/mol. The van der Waals surface area contributed by atoms with Gasteiger partial charge in [-0.05, 0) is 57.5 Å². The van der Waals surface area contributed by atoms with Gasteiger partial charge in [-0.3, -0.25) is 9.78 Å². The lowest BCUT2D eigenvalue weighted by Gasteiger charge is -2.42. The first-order valence-corrected chi connectivity index (χ1v) is 10.9. The van der Waals surface area contributed by atoms with E-state index >= 15 is 0 Å². The summed E-state index contributed by atoms with van der Waals surface area (Å²) in [5.41, 5.74) is 6.08. The van der Waals surface area contributed by atoms with Crippen LogP contribution in [0.1, 0.15) is 38.8 Å². The molecule has 1 aromatic heterocycles. The lowest BCUT2D eigenvalue weighted by Crippen LogP contribution is -2.45. The number of likely N-dealkylation sites (N-methyl/N-ethyl adjacent to an activating group) is 1. The number of nitrogens with zero attached hydrogens (tertiary/aromatic N) is 3. The van der Waals surface area contributed by atoms with Gasteiger partial charge < -0.3 is 9.64 Å². The highest BCUT2D eigenvalue weighted by Gasteiger charge is 2.30. The minimum Gasteiger partial charge on any atom is -0.481 e. The van der Waals surface area contributed by atoms with E-state index in [4.69, 9.17) is 4.74 Å². The molecule has 1 N–H and O–H groups in total. The second-order valence-corrected chi connectivity index (χ2v) is 8.53. The molecule has 170 valence electrons. The van der Waals surface area contributed by atoms with Gasteiger partial charge in [-0.1, -0.05) is 24.3 Å². The second kappa shape index (κ2) is 9.02. The summed E-state index contributed by atoms with van der Waals surface area (Å²) in [5, 5.41) is 4.85. The van der Waals surface area contributed by atoms with E-state index in [-0.39, 0.29) is 12.1 Å². The number of hydrogen-bond donors (Lipinski definition) is 1. The molecule has 0 spiro atoms. The van der Waals surface area contributed by atoms with Crippen molar-refractivity contribution in [3.63, 3.8) is 0 Å². The van der Waals surface area contributed by atoms with E-state index in [1.807, 2.05) is 31.2 Å². The summed E-state index contributed by atoms with van der Waals surface area (Å²) >= 11 is 0. The van der Waals surface area contributed by atoms with E-state index in [2.05, 4.69) is 47.3 Å². The zero-order valence-corrected chi connectivity index (χ0v) is 19.2. The predicted octanol–water partition coefficient (Wildman–Crippen LogP) is 4.92. The van der Waals surface area contributed by atoms with Crippen molar-refractivity contribution in [1.29, 1.82) is 0 Å². The number of ether oxygens (including phenoxy) is 1. The number of nitrogens with one attached hydrogen (secondary N) is 1. The zero-order chi connectivity index (χ0) is 23.6. The van der Waals surface area contributed by atoms with Crippen molar-refractivity contribution in [2.75, 3.05) is 18.1 Å². The van der Waals surface area contributed by atoms with E-state index in [1.165, 1.54) is 12.3 Å². The lowest BCUT2D eigenvalue weighted by molar-refractivity contribution is -0.123. The number of carbonyl (C=O) groups excluding carboxylic acids is 1. The van der Waals surface area contributed by atoms with Gasteiger partial charge in [-0.2, -0.15) is 5.10 Å². The molecule has 0 fully saturated rings. The van der Waals surface area contributed by atoms with Gasteiger partial charge in [0.2, 0.25) is 0 Å². The fraction of sp³-hybridized carbons (Fsp3) is 0.269. The van der Waals surface area contributed by atoms with Gasteiger partial charge in [-0.25, -0.2) is 9.82 Å². The third kappa shape index (κ3) is 4.58. The van der Waals surface area contributed by atoms with Crippen molar-refractivity contribution < 1.29 is 13.9 Å². The topological polar surface area (TPSA) is 66.8 Å². The molecule has 1 amide bonds. The Morgan fingerprint density at radius 2 is 2.06 bits per heavy atom. The third-order valence-corrected chi connectivity index (χ3v) is 5.76. The van der Waals surface area contributed by atoms with Gasteiger partial charge in [0.05, 0.1) is 11.8 Å². The number of hydrazone groups is 1. The summed E-state index contributed by atoms with van der Waals surface area (Å²) in [4.78, 5) is 18.6. The second-order valence-electron chi connectivity index (χ2n) is 8.53. The van der Waals surface area contributed by atoms with Gasteiger partial charge in [0, 0.05) is 34.9 Å². The highest BCUT2D eigenvalue weighted by atomic mass is 19.1. The van der Waals surface area contributed by atoms with Gasteiger partial charge in [0.15, 0.2) is 6.61 Å². The largest absolute Gasteiger partial charge is 0.481 e. The maximum absolute atomic E-state index is 14.8. The number of fused-ring (bicyclic) bond motifs is 2. The number of rotatable bonds is 6. The summed E-state index contributed by atoms with van der Waals surface area (Å²) in [6.07, 6.45) is 5.17. The summed E-state index contributed by atoms with van der Waals surface area (Å²) in [5.74, 6) is -0.333. The van der Waals surface area contributed by atoms with Crippen LogP contribution >= 0.6 is 0 Å². The lowest BCUT2D eigenvalue weighted by atomic mass is 9.88. The molecule has 2 aromatic carbocycles. The number of benzene rings is 2. The Morgan fingerprint density at radius 3 is 2.85 bits per heavy atom. The van der Waals surface area contributed by atoms with Gasteiger partial charge in [0.25, 0.3) is 5.91 Å². The first-order valence-electron chi connectivity index (χ1n) is 10.9. The molecule has 0 radical (unpaired) electrons. The minimum atomic E-state index is -0.451. The number of hydrogen-bond acceptors (Lipinski definition) is 5. The normalized spacial score (nSPS) is 14.8. The van der Waals surface area contributed by atoms with Gasteiger partial charge in [0.1, 0.15) is 17.1 Å². The maximum Gasteiger partial charge on any atom is 0.277 e. The molecule has 2 heterocycles. The molecule has 0 atom stereocenters. The molecular formula is C26H27FN4O2. The SMILES string of the molecule is CCN1c2cc(F)c(/C=N\NC(=O)COc3cccc4cccnc34)cc2C(C)=CC1(C)C. The number of pyridine rings is 1. The fourth-order valence-electron chi connectivity index (χ4n) is 4.33. The summed E-state index contributed by atoms with van der Waals surface area (Å²) in [6, 6.07) is 12.6. The summed E-state index contributed by atoms with van der Waals surface area (Å²) in [6.45, 7) is 8.83. The Balaban J connectivity index is 1.44. The molecule has 6 nitrogen and oxygen atoms in total. The fourth-order valence-corrected chi connectivity index (χ4v) is 4.33. The Morgan fingerprint density at radius 1 is 1.27 bits per heavy atom. The van der Waals surface area contributed by atoms with Crippen LogP contribution in [0.5, 0.6) is 5.75 Å². The third-order valence-electron chi connectivity index (χ3n) is 5.76. The van der Waals surface area contributed by atoms with Crippen molar-refractivity contribution in [3.05, 3.63) is 71.7 Å². The van der Waals surface area contributed by atoms with Crippen LogP contribution in [0.4, 0.5) is 10.1 Å². The molecule has 4 rings (SSSR count). The van der Waals surface area contributed by atoms with Gasteiger partial charge in [-0.15, -0.1) is 0 Å². The number of carbonyl (C=O) groups is 1. The maximum atomic E-state index is 14.8. The predicted molar refractivity (Wildman–Crippen MR) is 130 cm³/mol. The van der Waals surface area contributed by atoms with Crippen molar-refractivity contribution in [1.82, 2.24) is 10.4 Å². The summed E-state index contributed by atoms with van der Waals surface area (Å²) in [7, 11) is 0. The van der Waals surface area contributed by atoms with Crippen molar-refractivity contribution in [2.24, 2.45) is 5.10 Å². The van der Waals surface area contributed by atoms with Crippen LogP contribution in [-0.2, 0) is 4.79 Å². The van der Waals surface area contributed by atoms with Crippen molar-refractivity contribution in [2.45, 2.75) is 33.2 Å². The van der Waals surface area contributed by atoms with Crippen LogP contribution in [-0.4, -0.2) is 35.8 Å². The average molecular weight is 447 g/mol. The molecule has 1 aliphatic rings. The Hall–Kier alpha value is -3.74. The van der Waals surface area contributed by atoms with Gasteiger partial charge >= 0.3 is 0 Å². The molecule has 0 aliphatic carbocycles. The Kier molecular flexibility index (Phi) is 6.14. The standard InChI is InChI=1S/C26H27FN4O2/c1-5-31-22-13-21(27)19(12-20(22)17(2)14-26(31,3)4)15-29-30-24(32)16-33-23-10-6-8-18-9-7-11-28-25(18)23/h6-15H,5,16H2,1-4H3,(H,30,32)/b29-15-. The van der Waals surface area contributed by atoms with Crippen LogP contribution in [0.2, 0.25) is 0 Å². The quantitative estimate of drug-likeness (QED) is 0.431. The van der Waals surface area contributed by atoms with Crippen LogP contribution in [0.3, 0.4) is 0 Å². The zero-order valence-electron chi connectivity index (χ0n) is 19.2. The number of amides is 1. The molecule has 0 saturated carbocycles. The Labute approximate surface area is 192 Å². The van der Waals surface area contributed by atoms with Crippen molar-refractivity contribution >= 4 is 34.3 Å². The molecule has 0 bridgehead atoms. The number of allylic oxidation sites excluding steroid dienone is 1.